The second kappa shape index (κ2) is 13.3. The van der Waals surface area contributed by atoms with Crippen LogP contribution in [0.3, 0.4) is 0 Å². The minimum Gasteiger partial charge on any atom is -0.496 e. The lowest BCUT2D eigenvalue weighted by Crippen LogP contribution is -2.54. The summed E-state index contributed by atoms with van der Waals surface area (Å²) >= 11 is 6.07. The molecule has 0 aromatic heterocycles. The monoisotopic (exact) mass is 499 g/mol. The van der Waals surface area contributed by atoms with Crippen LogP contribution in [0, 0.1) is 5.92 Å². The summed E-state index contributed by atoms with van der Waals surface area (Å²) in [6, 6.07) is 16.6. The molecule has 190 valence electrons. The Morgan fingerprint density at radius 2 is 1.89 bits per heavy atom. The number of halogens is 1. The first-order valence-electron chi connectivity index (χ1n) is 12.8. The number of methoxy groups -OCH3 is 1. The highest BCUT2D eigenvalue weighted by atomic mass is 35.5. The number of piperidine rings is 1. The molecule has 2 heterocycles. The molecule has 2 atom stereocenters. The molecule has 0 spiro atoms. The maximum absolute atomic E-state index is 12.7. The second-order valence-electron chi connectivity index (χ2n) is 9.58. The third-order valence-corrected chi connectivity index (χ3v) is 7.52. The lowest BCUT2D eigenvalue weighted by Gasteiger charge is -2.45. The van der Waals surface area contributed by atoms with Gasteiger partial charge in [0.1, 0.15) is 5.75 Å². The van der Waals surface area contributed by atoms with Crippen molar-refractivity contribution in [2.24, 2.45) is 5.92 Å². The molecular formula is C28H38ClN3O3. The largest absolute Gasteiger partial charge is 0.496 e. The molecule has 1 N–H and O–H groups in total. The zero-order valence-corrected chi connectivity index (χ0v) is 21.5. The van der Waals surface area contributed by atoms with Gasteiger partial charge in [-0.15, -0.1) is 0 Å². The molecular weight excluding hydrogens is 462 g/mol. The highest BCUT2D eigenvalue weighted by Gasteiger charge is 2.34. The minimum atomic E-state index is 0.135. The predicted octanol–water partition coefficient (Wildman–Crippen LogP) is 4.01. The Balaban J connectivity index is 1.30. The Bertz CT molecular complexity index is 933. The van der Waals surface area contributed by atoms with E-state index in [4.69, 9.17) is 21.1 Å². The third-order valence-electron chi connectivity index (χ3n) is 7.26. The van der Waals surface area contributed by atoms with Crippen LogP contribution < -0.4 is 10.1 Å². The number of carbonyl (C=O) groups excluding carboxylic acids is 1. The zero-order chi connectivity index (χ0) is 24.5. The standard InChI is InChI=1S/C28H38ClN3O3/c1-34-27-5-3-2-4-23(27)12-14-30-28(33)11-8-24-21-31(20-22-6-9-25(29)10-7-22)15-13-26(24)32-16-18-35-19-17-32/h2-7,9-10,24,26H,8,11-21H2,1H3,(H,30,33)/t24-,26+/m1/s1. The van der Waals surface area contributed by atoms with E-state index in [2.05, 4.69) is 33.3 Å². The second-order valence-corrected chi connectivity index (χ2v) is 10.0. The van der Waals surface area contributed by atoms with Crippen molar-refractivity contribution in [2.45, 2.75) is 38.3 Å². The fourth-order valence-electron chi connectivity index (χ4n) is 5.41. The zero-order valence-electron chi connectivity index (χ0n) is 20.8. The number of amides is 1. The van der Waals surface area contributed by atoms with Crippen LogP contribution in [-0.4, -0.2) is 74.8 Å². The van der Waals surface area contributed by atoms with Crippen LogP contribution in [0.2, 0.25) is 5.02 Å². The average molecular weight is 500 g/mol. The van der Waals surface area contributed by atoms with E-state index in [1.165, 1.54) is 5.56 Å². The van der Waals surface area contributed by atoms with Gasteiger partial charge in [0, 0.05) is 50.2 Å². The lowest BCUT2D eigenvalue weighted by atomic mass is 9.86. The van der Waals surface area contributed by atoms with Gasteiger partial charge in [0.15, 0.2) is 0 Å². The molecule has 2 aliphatic heterocycles. The Kier molecular flexibility index (Phi) is 9.83. The van der Waals surface area contributed by atoms with E-state index in [0.717, 1.165) is 81.5 Å². The van der Waals surface area contributed by atoms with Crippen LogP contribution in [-0.2, 0) is 22.5 Å². The van der Waals surface area contributed by atoms with Gasteiger partial charge in [0.2, 0.25) is 5.91 Å². The summed E-state index contributed by atoms with van der Waals surface area (Å²) in [4.78, 5) is 17.8. The van der Waals surface area contributed by atoms with Gasteiger partial charge in [-0.2, -0.15) is 0 Å². The summed E-state index contributed by atoms with van der Waals surface area (Å²) in [5.74, 6) is 1.47. The molecule has 1 amide bonds. The molecule has 7 heteroatoms. The summed E-state index contributed by atoms with van der Waals surface area (Å²) in [5.41, 5.74) is 2.40. The Labute approximate surface area is 214 Å². The number of hydrogen-bond donors (Lipinski definition) is 1. The lowest BCUT2D eigenvalue weighted by molar-refractivity contribution is -0.121. The number of hydrogen-bond acceptors (Lipinski definition) is 5. The van der Waals surface area contributed by atoms with Crippen LogP contribution in [0.15, 0.2) is 48.5 Å². The quantitative estimate of drug-likeness (QED) is 0.535. The third kappa shape index (κ3) is 7.68. The first kappa shape index (κ1) is 26.0. The van der Waals surface area contributed by atoms with Crippen LogP contribution in [0.25, 0.3) is 0 Å². The van der Waals surface area contributed by atoms with Crippen molar-refractivity contribution in [3.05, 3.63) is 64.7 Å². The van der Waals surface area contributed by atoms with Gasteiger partial charge >= 0.3 is 0 Å². The number of morpholine rings is 1. The molecule has 4 rings (SSSR count). The van der Waals surface area contributed by atoms with Gasteiger partial charge in [-0.25, -0.2) is 0 Å². The molecule has 2 aliphatic rings. The number of ether oxygens (including phenoxy) is 2. The van der Waals surface area contributed by atoms with Gasteiger partial charge in [-0.3, -0.25) is 14.6 Å². The Hall–Kier alpha value is -2.12. The van der Waals surface area contributed by atoms with E-state index in [1.807, 2.05) is 30.3 Å². The van der Waals surface area contributed by atoms with Crippen molar-refractivity contribution < 1.29 is 14.3 Å². The van der Waals surface area contributed by atoms with E-state index in [9.17, 15) is 4.79 Å². The molecule has 0 radical (unpaired) electrons. The van der Waals surface area contributed by atoms with Crippen LogP contribution >= 0.6 is 11.6 Å². The van der Waals surface area contributed by atoms with Gasteiger partial charge in [-0.1, -0.05) is 41.9 Å². The van der Waals surface area contributed by atoms with E-state index in [1.54, 1.807) is 7.11 Å². The Morgan fingerprint density at radius 3 is 2.66 bits per heavy atom. The Morgan fingerprint density at radius 1 is 1.11 bits per heavy atom. The SMILES string of the molecule is COc1ccccc1CCNC(=O)CC[C@@H]1CN(Cc2ccc(Cl)cc2)CC[C@@H]1N1CCOCC1. The predicted molar refractivity (Wildman–Crippen MR) is 140 cm³/mol. The average Bonchev–Trinajstić information content (AvgIpc) is 2.90. The van der Waals surface area contributed by atoms with Gasteiger partial charge in [0.25, 0.3) is 0 Å². The van der Waals surface area contributed by atoms with Crippen LogP contribution in [0.1, 0.15) is 30.4 Å². The van der Waals surface area contributed by atoms with E-state index in [-0.39, 0.29) is 5.91 Å². The summed E-state index contributed by atoms with van der Waals surface area (Å²) in [6.07, 6.45) is 3.37. The molecule has 35 heavy (non-hydrogen) atoms. The molecule has 2 fully saturated rings. The molecule has 0 aliphatic carbocycles. The fourth-order valence-corrected chi connectivity index (χ4v) is 5.54. The van der Waals surface area contributed by atoms with Gasteiger partial charge < -0.3 is 14.8 Å². The highest BCUT2D eigenvalue weighted by Crippen LogP contribution is 2.28. The number of benzene rings is 2. The first-order valence-corrected chi connectivity index (χ1v) is 13.2. The first-order chi connectivity index (χ1) is 17.1. The maximum atomic E-state index is 12.7. The van der Waals surface area contributed by atoms with Crippen molar-refractivity contribution in [1.29, 1.82) is 0 Å². The number of para-hydroxylation sites is 1. The molecule has 2 aromatic rings. The topological polar surface area (TPSA) is 54.0 Å². The fraction of sp³-hybridized carbons (Fsp3) is 0.536. The summed E-state index contributed by atoms with van der Waals surface area (Å²) in [7, 11) is 1.68. The number of carbonyl (C=O) groups is 1. The molecule has 6 nitrogen and oxygen atoms in total. The number of rotatable bonds is 10. The maximum Gasteiger partial charge on any atom is 0.220 e. The smallest absolute Gasteiger partial charge is 0.220 e. The minimum absolute atomic E-state index is 0.135. The number of likely N-dealkylation sites (tertiary alicyclic amines) is 1. The summed E-state index contributed by atoms with van der Waals surface area (Å²) < 4.78 is 11.0. The summed E-state index contributed by atoms with van der Waals surface area (Å²) in [6.45, 7) is 7.23. The van der Waals surface area contributed by atoms with Crippen molar-refractivity contribution >= 4 is 17.5 Å². The summed E-state index contributed by atoms with van der Waals surface area (Å²) in [5, 5.41) is 3.89. The molecule has 2 aromatic carbocycles. The van der Waals surface area contributed by atoms with Crippen LogP contribution in [0.4, 0.5) is 0 Å². The van der Waals surface area contributed by atoms with E-state index in [0.29, 0.717) is 24.9 Å². The van der Waals surface area contributed by atoms with Crippen molar-refractivity contribution in [1.82, 2.24) is 15.1 Å². The van der Waals surface area contributed by atoms with Crippen molar-refractivity contribution in [2.75, 3.05) is 53.0 Å². The molecule has 0 saturated carbocycles. The van der Waals surface area contributed by atoms with E-state index < -0.39 is 0 Å². The normalized spacial score (nSPS) is 21.5. The number of nitrogens with one attached hydrogen (secondary N) is 1. The van der Waals surface area contributed by atoms with Gasteiger partial charge in [0.05, 0.1) is 20.3 Å². The highest BCUT2D eigenvalue weighted by molar-refractivity contribution is 6.30. The van der Waals surface area contributed by atoms with Crippen molar-refractivity contribution in [3.63, 3.8) is 0 Å². The molecule has 2 saturated heterocycles. The van der Waals surface area contributed by atoms with Gasteiger partial charge in [-0.05, 0) is 61.1 Å². The van der Waals surface area contributed by atoms with E-state index >= 15 is 0 Å². The molecule has 0 unspecified atom stereocenters. The van der Waals surface area contributed by atoms with Crippen molar-refractivity contribution in [3.8, 4) is 5.75 Å². The molecule has 0 bridgehead atoms. The van der Waals surface area contributed by atoms with Crippen LogP contribution in [0.5, 0.6) is 5.75 Å². The number of nitrogens with zero attached hydrogens (tertiary/aromatic N) is 2.